The number of nitrogens with zero attached hydrogens (tertiary/aromatic N) is 1. The summed E-state index contributed by atoms with van der Waals surface area (Å²) in [5.74, 6) is 1.35. The van der Waals surface area contributed by atoms with Gasteiger partial charge in [0.2, 0.25) is 12.7 Å². The Morgan fingerprint density at radius 2 is 2.03 bits per heavy atom. The fourth-order valence-electron chi connectivity index (χ4n) is 3.10. The van der Waals surface area contributed by atoms with Crippen molar-refractivity contribution in [1.82, 2.24) is 10.3 Å². The molecule has 1 atom stereocenters. The van der Waals surface area contributed by atoms with Crippen LogP contribution < -0.4 is 20.1 Å². The summed E-state index contributed by atoms with van der Waals surface area (Å²) < 4.78 is 10.7. The van der Waals surface area contributed by atoms with Crippen molar-refractivity contribution in [1.29, 1.82) is 0 Å². The van der Waals surface area contributed by atoms with Crippen LogP contribution in [0, 0.1) is 0 Å². The van der Waals surface area contributed by atoms with Gasteiger partial charge < -0.3 is 20.1 Å². The fraction of sp³-hybridized carbons (Fsp3) is 0.227. The third kappa shape index (κ3) is 5.17. The van der Waals surface area contributed by atoms with Gasteiger partial charge in [0.15, 0.2) is 16.6 Å². The smallest absolute Gasteiger partial charge is 0.253 e. The Labute approximate surface area is 198 Å². The minimum Gasteiger partial charge on any atom is -0.454 e. The molecule has 1 aromatic heterocycles. The number of halogens is 1. The number of thiazole rings is 1. The summed E-state index contributed by atoms with van der Waals surface area (Å²) in [7, 11) is 0. The molecule has 1 aliphatic heterocycles. The van der Waals surface area contributed by atoms with Crippen LogP contribution in [0.3, 0.4) is 0 Å². The summed E-state index contributed by atoms with van der Waals surface area (Å²) in [6.45, 7) is 0.203. The Morgan fingerprint density at radius 1 is 1.22 bits per heavy atom. The first-order valence-electron chi connectivity index (χ1n) is 9.76. The van der Waals surface area contributed by atoms with Crippen molar-refractivity contribution in [3.63, 3.8) is 0 Å². The molecule has 0 bridgehead atoms. The molecule has 0 spiro atoms. The number of hydrogen-bond acceptors (Lipinski definition) is 7. The third-order valence-electron chi connectivity index (χ3n) is 4.75. The molecule has 1 aliphatic rings. The van der Waals surface area contributed by atoms with E-state index in [0.29, 0.717) is 45.1 Å². The number of amides is 2. The van der Waals surface area contributed by atoms with Crippen LogP contribution >= 0.6 is 34.7 Å². The number of aromatic nitrogens is 1. The van der Waals surface area contributed by atoms with Crippen molar-refractivity contribution in [3.05, 3.63) is 58.4 Å². The minimum absolute atomic E-state index is 0.203. The molecule has 0 fully saturated rings. The van der Waals surface area contributed by atoms with Crippen LogP contribution in [0.25, 0.3) is 11.3 Å². The van der Waals surface area contributed by atoms with Gasteiger partial charge in [-0.05, 0) is 48.8 Å². The number of thioether (sulfide) groups is 1. The van der Waals surface area contributed by atoms with Gasteiger partial charge in [-0.25, -0.2) is 4.98 Å². The van der Waals surface area contributed by atoms with E-state index in [1.54, 1.807) is 36.0 Å². The maximum Gasteiger partial charge on any atom is 0.253 e. The van der Waals surface area contributed by atoms with Gasteiger partial charge in [0, 0.05) is 10.9 Å². The second-order valence-electron chi connectivity index (χ2n) is 6.88. The number of carbonyl (C=O) groups is 2. The molecular formula is C22H20ClN3O4S2. The zero-order valence-corrected chi connectivity index (χ0v) is 19.5. The Hall–Kier alpha value is -2.75. The summed E-state index contributed by atoms with van der Waals surface area (Å²) in [6.07, 6.45) is 2.42. The molecule has 0 saturated carbocycles. The molecule has 10 heteroatoms. The van der Waals surface area contributed by atoms with Crippen LogP contribution in [0.4, 0.5) is 5.13 Å². The highest BCUT2D eigenvalue weighted by molar-refractivity contribution is 7.98. The molecule has 166 valence electrons. The lowest BCUT2D eigenvalue weighted by atomic mass is 10.1. The third-order valence-corrected chi connectivity index (χ3v) is 6.48. The second kappa shape index (κ2) is 10.2. The van der Waals surface area contributed by atoms with E-state index in [1.165, 1.54) is 11.3 Å². The van der Waals surface area contributed by atoms with Gasteiger partial charge in [-0.1, -0.05) is 23.7 Å². The molecular weight excluding hydrogens is 470 g/mol. The first-order chi connectivity index (χ1) is 15.5. The number of ether oxygens (including phenoxy) is 2. The number of carbonyl (C=O) groups excluding carboxylic acids is 2. The SMILES string of the molecule is CSCCC(NC(=O)c1ccccc1Cl)C(=O)Nc1nc(-c2ccc3c(c2)OCO3)cs1. The highest BCUT2D eigenvalue weighted by atomic mass is 35.5. The van der Waals surface area contributed by atoms with Crippen LogP contribution in [0.5, 0.6) is 11.5 Å². The Kier molecular flexibility index (Phi) is 7.19. The molecule has 2 aromatic carbocycles. The van der Waals surface area contributed by atoms with E-state index in [-0.39, 0.29) is 12.7 Å². The Bertz CT molecular complexity index is 1140. The summed E-state index contributed by atoms with van der Waals surface area (Å²) in [4.78, 5) is 30.1. The van der Waals surface area contributed by atoms with Gasteiger partial charge in [-0.3, -0.25) is 9.59 Å². The standard InChI is InChI=1S/C22H20ClN3O4S2/c1-31-9-8-16(24-20(27)14-4-2-3-5-15(14)23)21(28)26-22-25-17(11-32-22)13-6-7-18-19(10-13)30-12-29-18/h2-7,10-11,16H,8-9,12H2,1H3,(H,24,27)(H,25,26,28). The summed E-state index contributed by atoms with van der Waals surface area (Å²) in [5.41, 5.74) is 1.90. The van der Waals surface area contributed by atoms with Crippen LogP contribution in [-0.4, -0.2) is 41.6 Å². The number of hydrogen-bond donors (Lipinski definition) is 2. The van der Waals surface area contributed by atoms with E-state index < -0.39 is 11.9 Å². The lowest BCUT2D eigenvalue weighted by Gasteiger charge is -2.17. The van der Waals surface area contributed by atoms with E-state index in [4.69, 9.17) is 21.1 Å². The van der Waals surface area contributed by atoms with Crippen molar-refractivity contribution in [2.75, 3.05) is 24.1 Å². The lowest BCUT2D eigenvalue weighted by molar-refractivity contribution is -0.118. The van der Waals surface area contributed by atoms with Gasteiger partial charge in [0.25, 0.3) is 5.91 Å². The average molecular weight is 490 g/mol. The largest absolute Gasteiger partial charge is 0.454 e. The number of anilines is 1. The summed E-state index contributed by atoms with van der Waals surface area (Å²) in [6, 6.07) is 11.6. The highest BCUT2D eigenvalue weighted by Gasteiger charge is 2.23. The normalized spacial score (nSPS) is 12.9. The quantitative estimate of drug-likeness (QED) is 0.477. The van der Waals surface area contributed by atoms with Gasteiger partial charge in [0.1, 0.15) is 6.04 Å². The van der Waals surface area contributed by atoms with E-state index in [0.717, 1.165) is 5.56 Å². The molecule has 4 rings (SSSR count). The first-order valence-corrected chi connectivity index (χ1v) is 12.4. The van der Waals surface area contributed by atoms with Crippen LogP contribution in [0.1, 0.15) is 16.8 Å². The van der Waals surface area contributed by atoms with Crippen LogP contribution in [-0.2, 0) is 4.79 Å². The monoisotopic (exact) mass is 489 g/mol. The van der Waals surface area contributed by atoms with Crippen molar-refractivity contribution >= 4 is 51.6 Å². The van der Waals surface area contributed by atoms with E-state index in [9.17, 15) is 9.59 Å². The molecule has 2 N–H and O–H groups in total. The zero-order chi connectivity index (χ0) is 22.5. The molecule has 32 heavy (non-hydrogen) atoms. The van der Waals surface area contributed by atoms with E-state index in [2.05, 4.69) is 15.6 Å². The molecule has 0 saturated heterocycles. The maximum atomic E-state index is 12.9. The van der Waals surface area contributed by atoms with Gasteiger partial charge in [0.05, 0.1) is 16.3 Å². The highest BCUT2D eigenvalue weighted by Crippen LogP contribution is 2.36. The minimum atomic E-state index is -0.718. The van der Waals surface area contributed by atoms with Crippen LogP contribution in [0.15, 0.2) is 47.8 Å². The summed E-state index contributed by atoms with van der Waals surface area (Å²) >= 11 is 9.03. The van der Waals surface area contributed by atoms with Crippen molar-refractivity contribution in [2.24, 2.45) is 0 Å². The summed E-state index contributed by atoms with van der Waals surface area (Å²) in [5, 5.41) is 8.25. The van der Waals surface area contributed by atoms with Gasteiger partial charge >= 0.3 is 0 Å². The number of rotatable bonds is 8. The van der Waals surface area contributed by atoms with E-state index >= 15 is 0 Å². The Balaban J connectivity index is 1.45. The molecule has 3 aromatic rings. The lowest BCUT2D eigenvalue weighted by Crippen LogP contribution is -2.44. The van der Waals surface area contributed by atoms with Crippen molar-refractivity contribution in [3.8, 4) is 22.8 Å². The average Bonchev–Trinajstić information content (AvgIpc) is 3.45. The van der Waals surface area contributed by atoms with E-state index in [1.807, 2.05) is 29.8 Å². The predicted octanol–water partition coefficient (Wildman–Crippen LogP) is 4.68. The number of benzene rings is 2. The number of nitrogens with one attached hydrogen (secondary N) is 2. The van der Waals surface area contributed by atoms with Crippen LogP contribution in [0.2, 0.25) is 5.02 Å². The van der Waals surface area contributed by atoms with Gasteiger partial charge in [-0.2, -0.15) is 11.8 Å². The topological polar surface area (TPSA) is 89.6 Å². The van der Waals surface area contributed by atoms with Crippen molar-refractivity contribution in [2.45, 2.75) is 12.5 Å². The molecule has 2 heterocycles. The predicted molar refractivity (Wildman–Crippen MR) is 128 cm³/mol. The Morgan fingerprint density at radius 3 is 2.84 bits per heavy atom. The molecule has 0 aliphatic carbocycles. The molecule has 0 radical (unpaired) electrons. The van der Waals surface area contributed by atoms with Crippen molar-refractivity contribution < 1.29 is 19.1 Å². The molecule has 2 amide bonds. The molecule has 1 unspecified atom stereocenters. The fourth-order valence-corrected chi connectivity index (χ4v) is 4.51. The number of fused-ring (bicyclic) bond motifs is 1. The zero-order valence-electron chi connectivity index (χ0n) is 17.1. The van der Waals surface area contributed by atoms with Gasteiger partial charge in [-0.15, -0.1) is 11.3 Å². The molecule has 7 nitrogen and oxygen atoms in total. The second-order valence-corrected chi connectivity index (χ2v) is 9.13. The first kappa shape index (κ1) is 22.4. The maximum absolute atomic E-state index is 12.9.